The molecule has 0 saturated carbocycles. The molecule has 0 aromatic carbocycles. The van der Waals surface area contributed by atoms with Crippen molar-refractivity contribution < 1.29 is 19.1 Å². The molecule has 6 heteroatoms. The third kappa shape index (κ3) is 36.7. The number of ether oxygens (including phenoxy) is 2. The maximum absolute atomic E-state index is 11.8. The van der Waals surface area contributed by atoms with E-state index in [9.17, 15) is 9.59 Å². The molecule has 0 saturated heterocycles. The van der Waals surface area contributed by atoms with E-state index in [4.69, 9.17) is 9.47 Å². The minimum atomic E-state index is -0.341. The average Bonchev–Trinajstić information content (AvgIpc) is 3.02. The number of alkyl carbamates (subject to hydrolysis) is 2. The van der Waals surface area contributed by atoms with Crippen LogP contribution in [0.15, 0.2) is 0 Å². The van der Waals surface area contributed by atoms with Crippen molar-refractivity contribution in [1.82, 2.24) is 10.6 Å². The monoisotopic (exact) mass is 625 g/mol. The van der Waals surface area contributed by atoms with E-state index in [0.29, 0.717) is 39.1 Å². The van der Waals surface area contributed by atoms with Crippen LogP contribution in [0.2, 0.25) is 0 Å². The Morgan fingerprint density at radius 3 is 0.818 bits per heavy atom. The summed E-state index contributed by atoms with van der Waals surface area (Å²) in [6.45, 7) is 6.62. The van der Waals surface area contributed by atoms with Crippen LogP contribution in [-0.2, 0) is 9.47 Å². The molecule has 0 bridgehead atoms. The molecular weight excluding hydrogens is 548 g/mol. The zero-order chi connectivity index (χ0) is 32.0. The summed E-state index contributed by atoms with van der Waals surface area (Å²) >= 11 is 0. The molecule has 0 unspecified atom stereocenters. The normalized spacial score (nSPS) is 11.0. The Morgan fingerprint density at radius 1 is 0.341 bits per heavy atom. The van der Waals surface area contributed by atoms with Gasteiger partial charge in [0.15, 0.2) is 0 Å². The van der Waals surface area contributed by atoms with Crippen LogP contribution in [0, 0.1) is 0 Å². The average molecular weight is 625 g/mol. The molecule has 0 rings (SSSR count). The second-order valence-electron chi connectivity index (χ2n) is 13.0. The lowest BCUT2D eigenvalue weighted by atomic mass is 10.0. The van der Waals surface area contributed by atoms with Gasteiger partial charge >= 0.3 is 12.2 Å². The molecule has 2 N–H and O–H groups in total. The number of amides is 2. The third-order valence-electron chi connectivity index (χ3n) is 8.60. The zero-order valence-electron chi connectivity index (χ0n) is 29.7. The molecule has 0 heterocycles. The molecule has 0 aliphatic heterocycles. The van der Waals surface area contributed by atoms with Gasteiger partial charge < -0.3 is 20.1 Å². The quantitative estimate of drug-likeness (QED) is 0.0688. The molecule has 2 amide bonds. The molecule has 0 aliphatic rings. The van der Waals surface area contributed by atoms with Gasteiger partial charge in [-0.15, -0.1) is 0 Å². The Balaban J connectivity index is 3.25. The van der Waals surface area contributed by atoms with Crippen LogP contribution < -0.4 is 10.6 Å². The van der Waals surface area contributed by atoms with Crippen molar-refractivity contribution in [2.45, 2.75) is 206 Å². The van der Waals surface area contributed by atoms with Crippen LogP contribution in [0.5, 0.6) is 0 Å². The van der Waals surface area contributed by atoms with E-state index < -0.39 is 0 Å². The number of rotatable bonds is 35. The van der Waals surface area contributed by atoms with Crippen molar-refractivity contribution in [1.29, 1.82) is 0 Å². The van der Waals surface area contributed by atoms with E-state index in [1.807, 2.05) is 0 Å². The van der Waals surface area contributed by atoms with Gasteiger partial charge in [0.25, 0.3) is 0 Å². The highest BCUT2D eigenvalue weighted by atomic mass is 16.6. The van der Waals surface area contributed by atoms with Crippen LogP contribution in [0.4, 0.5) is 9.59 Å². The number of carbonyl (C=O) groups excluding carboxylic acids is 2. The second kappa shape index (κ2) is 37.7. The SMILES string of the molecule is CCCCCCCCCCCCCCCCNC(=O)OCCCCOC(=O)NCCCCCCCCCCCCCCCC. The highest BCUT2D eigenvalue weighted by Gasteiger charge is 2.03. The molecule has 0 atom stereocenters. The minimum Gasteiger partial charge on any atom is -0.450 e. The molecule has 262 valence electrons. The highest BCUT2D eigenvalue weighted by molar-refractivity contribution is 5.67. The first-order chi connectivity index (χ1) is 21.7. The van der Waals surface area contributed by atoms with Gasteiger partial charge in [0, 0.05) is 13.1 Å². The predicted molar refractivity (Wildman–Crippen MR) is 189 cm³/mol. The topological polar surface area (TPSA) is 76.7 Å². The van der Waals surface area contributed by atoms with Gasteiger partial charge in [0.2, 0.25) is 0 Å². The molecule has 0 fully saturated rings. The molecule has 0 aliphatic carbocycles. The van der Waals surface area contributed by atoms with Gasteiger partial charge in [0.1, 0.15) is 0 Å². The number of unbranched alkanes of at least 4 members (excludes halogenated alkanes) is 27. The molecule has 0 aromatic heterocycles. The van der Waals surface area contributed by atoms with Gasteiger partial charge in [-0.25, -0.2) is 9.59 Å². The van der Waals surface area contributed by atoms with Crippen molar-refractivity contribution in [2.24, 2.45) is 0 Å². The van der Waals surface area contributed by atoms with Crippen LogP contribution in [-0.4, -0.2) is 38.5 Å². The summed E-state index contributed by atoms with van der Waals surface area (Å²) in [5, 5.41) is 5.68. The smallest absolute Gasteiger partial charge is 0.407 e. The molecule has 0 aromatic rings. The molecule has 6 nitrogen and oxygen atoms in total. The number of hydrogen-bond acceptors (Lipinski definition) is 4. The van der Waals surface area contributed by atoms with Crippen molar-refractivity contribution >= 4 is 12.2 Å². The van der Waals surface area contributed by atoms with Crippen LogP contribution in [0.3, 0.4) is 0 Å². The molecular formula is C38H76N2O4. The molecule has 0 spiro atoms. The van der Waals surface area contributed by atoms with Gasteiger partial charge in [0.05, 0.1) is 13.2 Å². The Morgan fingerprint density at radius 2 is 0.568 bits per heavy atom. The Hall–Kier alpha value is -1.46. The van der Waals surface area contributed by atoms with Crippen LogP contribution >= 0.6 is 0 Å². The van der Waals surface area contributed by atoms with Gasteiger partial charge in [-0.2, -0.15) is 0 Å². The Kier molecular flexibility index (Phi) is 36.5. The summed E-state index contributed by atoms with van der Waals surface area (Å²) in [6, 6.07) is 0. The van der Waals surface area contributed by atoms with Crippen molar-refractivity contribution in [2.75, 3.05) is 26.3 Å². The number of hydrogen-bond donors (Lipinski definition) is 2. The summed E-state index contributed by atoms with van der Waals surface area (Å²) in [5.74, 6) is 0. The minimum absolute atomic E-state index is 0.341. The van der Waals surface area contributed by atoms with Crippen molar-refractivity contribution in [3.63, 3.8) is 0 Å². The third-order valence-corrected chi connectivity index (χ3v) is 8.60. The second-order valence-corrected chi connectivity index (χ2v) is 13.0. The van der Waals surface area contributed by atoms with E-state index in [0.717, 1.165) is 25.7 Å². The van der Waals surface area contributed by atoms with E-state index in [-0.39, 0.29) is 12.2 Å². The first kappa shape index (κ1) is 42.5. The lowest BCUT2D eigenvalue weighted by Gasteiger charge is -2.08. The lowest BCUT2D eigenvalue weighted by Crippen LogP contribution is -2.26. The number of carbonyl (C=O) groups is 2. The van der Waals surface area contributed by atoms with E-state index >= 15 is 0 Å². The van der Waals surface area contributed by atoms with E-state index in [1.165, 1.54) is 154 Å². The fraction of sp³-hybridized carbons (Fsp3) is 0.947. The van der Waals surface area contributed by atoms with Gasteiger partial charge in [-0.3, -0.25) is 0 Å². The molecule has 44 heavy (non-hydrogen) atoms. The summed E-state index contributed by atoms with van der Waals surface area (Å²) in [7, 11) is 0. The highest BCUT2D eigenvalue weighted by Crippen LogP contribution is 2.14. The van der Waals surface area contributed by atoms with E-state index in [2.05, 4.69) is 24.5 Å². The van der Waals surface area contributed by atoms with Crippen LogP contribution in [0.25, 0.3) is 0 Å². The summed E-state index contributed by atoms with van der Waals surface area (Å²) in [6.07, 6.45) is 38.0. The summed E-state index contributed by atoms with van der Waals surface area (Å²) in [4.78, 5) is 23.6. The van der Waals surface area contributed by atoms with Gasteiger partial charge in [-0.1, -0.05) is 181 Å². The van der Waals surface area contributed by atoms with Crippen molar-refractivity contribution in [3.05, 3.63) is 0 Å². The van der Waals surface area contributed by atoms with Crippen LogP contribution in [0.1, 0.15) is 206 Å². The van der Waals surface area contributed by atoms with Crippen molar-refractivity contribution in [3.8, 4) is 0 Å². The van der Waals surface area contributed by atoms with Gasteiger partial charge in [-0.05, 0) is 25.7 Å². The first-order valence-electron chi connectivity index (χ1n) is 19.5. The maximum Gasteiger partial charge on any atom is 0.407 e. The summed E-state index contributed by atoms with van der Waals surface area (Å²) < 4.78 is 10.4. The Labute approximate surface area is 274 Å². The predicted octanol–water partition coefficient (Wildman–Crippen LogP) is 12.2. The molecule has 0 radical (unpaired) electrons. The Bertz CT molecular complexity index is 537. The largest absolute Gasteiger partial charge is 0.450 e. The first-order valence-corrected chi connectivity index (χ1v) is 19.5. The summed E-state index contributed by atoms with van der Waals surface area (Å²) in [5.41, 5.74) is 0. The lowest BCUT2D eigenvalue weighted by molar-refractivity contribution is 0.128. The zero-order valence-corrected chi connectivity index (χ0v) is 29.7. The van der Waals surface area contributed by atoms with E-state index in [1.54, 1.807) is 0 Å². The fourth-order valence-electron chi connectivity index (χ4n) is 5.66. The number of nitrogens with one attached hydrogen (secondary N) is 2. The maximum atomic E-state index is 11.8. The fourth-order valence-corrected chi connectivity index (χ4v) is 5.66. The standard InChI is InChI=1S/C38H76N2O4/c1-3-5-7-9-11-13-15-17-19-21-23-25-27-29-33-39-37(41)43-35-31-32-36-44-38(42)40-34-30-28-26-24-22-20-18-16-14-12-10-8-6-4-2/h3-36H2,1-2H3,(H,39,41)(H,40,42).